The molecule has 1 aromatic rings. The lowest BCUT2D eigenvalue weighted by Crippen LogP contribution is -2.47. The van der Waals surface area contributed by atoms with Gasteiger partial charge in [-0.2, -0.15) is 0 Å². The van der Waals surface area contributed by atoms with Crippen molar-refractivity contribution < 1.29 is 0 Å². The van der Waals surface area contributed by atoms with E-state index in [2.05, 4.69) is 24.1 Å². The molecule has 1 aromatic heterocycles. The molecule has 90 valence electrons. The Morgan fingerprint density at radius 3 is 2.56 bits per heavy atom. The van der Waals surface area contributed by atoms with Gasteiger partial charge in [-0.25, -0.2) is 4.98 Å². The number of hydrogen-bond acceptors (Lipinski definition) is 4. The van der Waals surface area contributed by atoms with Crippen LogP contribution in [-0.4, -0.2) is 17.1 Å². The molecule has 4 heteroatoms. The molecular weight excluding hydrogens is 218 g/mol. The summed E-state index contributed by atoms with van der Waals surface area (Å²) in [5, 5.41) is 4.42. The zero-order valence-corrected chi connectivity index (χ0v) is 11.0. The van der Waals surface area contributed by atoms with Crippen LogP contribution in [0.25, 0.3) is 0 Å². The fourth-order valence-corrected chi connectivity index (χ4v) is 3.04. The summed E-state index contributed by atoms with van der Waals surface area (Å²) >= 11 is 1.72. The molecule has 1 saturated carbocycles. The zero-order valence-electron chi connectivity index (χ0n) is 10.2. The van der Waals surface area contributed by atoms with Crippen LogP contribution in [0.1, 0.15) is 42.7 Å². The Hall–Kier alpha value is -0.610. The monoisotopic (exact) mass is 239 g/mol. The first-order valence-electron chi connectivity index (χ1n) is 6.06. The standard InChI is InChI=1S/C12H21N3S/c1-9-10(2)16-11(15-9)14-8-12(13)6-4-3-5-7-12/h3-8,13H2,1-2H3,(H,14,15). The summed E-state index contributed by atoms with van der Waals surface area (Å²) in [6, 6.07) is 0. The highest BCUT2D eigenvalue weighted by molar-refractivity contribution is 7.15. The van der Waals surface area contributed by atoms with Crippen molar-refractivity contribution in [3.8, 4) is 0 Å². The van der Waals surface area contributed by atoms with Crippen molar-refractivity contribution in [2.24, 2.45) is 5.73 Å². The van der Waals surface area contributed by atoms with Gasteiger partial charge in [-0.3, -0.25) is 0 Å². The summed E-state index contributed by atoms with van der Waals surface area (Å²) in [7, 11) is 0. The van der Waals surface area contributed by atoms with Gasteiger partial charge in [-0.05, 0) is 26.7 Å². The Morgan fingerprint density at radius 2 is 2.00 bits per heavy atom. The van der Waals surface area contributed by atoms with Crippen molar-refractivity contribution in [1.29, 1.82) is 0 Å². The quantitative estimate of drug-likeness (QED) is 0.852. The Labute approximate surface area is 101 Å². The minimum Gasteiger partial charge on any atom is -0.360 e. The summed E-state index contributed by atoms with van der Waals surface area (Å²) in [6.45, 7) is 5.02. The van der Waals surface area contributed by atoms with Crippen molar-refractivity contribution in [1.82, 2.24) is 4.98 Å². The molecule has 0 atom stereocenters. The lowest BCUT2D eigenvalue weighted by molar-refractivity contribution is 0.311. The number of nitrogens with zero attached hydrogens (tertiary/aromatic N) is 1. The zero-order chi connectivity index (χ0) is 11.6. The largest absolute Gasteiger partial charge is 0.360 e. The molecule has 0 bridgehead atoms. The number of aromatic nitrogens is 1. The number of thiazole rings is 1. The summed E-state index contributed by atoms with van der Waals surface area (Å²) in [5.41, 5.74) is 7.48. The van der Waals surface area contributed by atoms with Crippen LogP contribution in [0.3, 0.4) is 0 Å². The first-order chi connectivity index (χ1) is 7.59. The van der Waals surface area contributed by atoms with E-state index < -0.39 is 0 Å². The number of hydrogen-bond donors (Lipinski definition) is 2. The van der Waals surface area contributed by atoms with E-state index in [0.29, 0.717) is 0 Å². The van der Waals surface area contributed by atoms with Crippen LogP contribution in [0.4, 0.5) is 5.13 Å². The first kappa shape index (κ1) is 11.9. The Kier molecular flexibility index (Phi) is 3.50. The highest BCUT2D eigenvalue weighted by Gasteiger charge is 2.27. The van der Waals surface area contributed by atoms with Crippen LogP contribution in [0.2, 0.25) is 0 Å². The number of rotatable bonds is 3. The summed E-state index contributed by atoms with van der Waals surface area (Å²) in [6.07, 6.45) is 6.17. The average molecular weight is 239 g/mol. The molecule has 1 heterocycles. The highest BCUT2D eigenvalue weighted by atomic mass is 32.1. The smallest absolute Gasteiger partial charge is 0.183 e. The van der Waals surface area contributed by atoms with Gasteiger partial charge in [0.15, 0.2) is 5.13 Å². The van der Waals surface area contributed by atoms with Crippen LogP contribution in [0, 0.1) is 13.8 Å². The molecule has 3 nitrogen and oxygen atoms in total. The van der Waals surface area contributed by atoms with E-state index in [-0.39, 0.29) is 5.54 Å². The summed E-state index contributed by atoms with van der Waals surface area (Å²) in [5.74, 6) is 0. The highest BCUT2D eigenvalue weighted by Crippen LogP contribution is 2.27. The predicted molar refractivity (Wildman–Crippen MR) is 70.1 cm³/mol. The number of nitrogens with one attached hydrogen (secondary N) is 1. The minimum absolute atomic E-state index is 0.00820. The third-order valence-corrected chi connectivity index (χ3v) is 4.50. The second-order valence-electron chi connectivity index (χ2n) is 4.94. The lowest BCUT2D eigenvalue weighted by atomic mass is 9.82. The second-order valence-corrected chi connectivity index (χ2v) is 6.14. The molecule has 16 heavy (non-hydrogen) atoms. The number of anilines is 1. The molecule has 0 spiro atoms. The molecule has 0 aromatic carbocycles. The fraction of sp³-hybridized carbons (Fsp3) is 0.750. The van der Waals surface area contributed by atoms with Gasteiger partial charge in [0.2, 0.25) is 0 Å². The molecule has 0 radical (unpaired) electrons. The molecule has 1 aliphatic carbocycles. The van der Waals surface area contributed by atoms with Crippen molar-refractivity contribution >= 4 is 16.5 Å². The van der Waals surface area contributed by atoms with Crippen molar-refractivity contribution in [2.45, 2.75) is 51.5 Å². The van der Waals surface area contributed by atoms with Gasteiger partial charge >= 0.3 is 0 Å². The molecular formula is C12H21N3S. The number of aryl methyl sites for hydroxylation is 2. The third-order valence-electron chi connectivity index (χ3n) is 3.47. The Balaban J connectivity index is 1.91. The van der Waals surface area contributed by atoms with Crippen LogP contribution in [-0.2, 0) is 0 Å². The van der Waals surface area contributed by atoms with E-state index in [0.717, 1.165) is 30.2 Å². The topological polar surface area (TPSA) is 50.9 Å². The van der Waals surface area contributed by atoms with E-state index in [1.165, 1.54) is 24.1 Å². The van der Waals surface area contributed by atoms with Gasteiger partial charge < -0.3 is 11.1 Å². The number of nitrogens with two attached hydrogens (primary N) is 1. The van der Waals surface area contributed by atoms with Crippen LogP contribution >= 0.6 is 11.3 Å². The van der Waals surface area contributed by atoms with E-state index in [1.54, 1.807) is 11.3 Å². The van der Waals surface area contributed by atoms with E-state index in [1.807, 2.05) is 0 Å². The van der Waals surface area contributed by atoms with Gasteiger partial charge in [0, 0.05) is 17.0 Å². The van der Waals surface area contributed by atoms with E-state index in [9.17, 15) is 0 Å². The molecule has 0 unspecified atom stereocenters. The SMILES string of the molecule is Cc1nc(NCC2(N)CCCCC2)sc1C. The van der Waals surface area contributed by atoms with E-state index in [4.69, 9.17) is 5.73 Å². The predicted octanol–water partition coefficient (Wildman–Crippen LogP) is 2.83. The van der Waals surface area contributed by atoms with E-state index >= 15 is 0 Å². The average Bonchev–Trinajstić information content (AvgIpc) is 2.57. The first-order valence-corrected chi connectivity index (χ1v) is 6.87. The second kappa shape index (κ2) is 4.72. The normalized spacial score (nSPS) is 19.7. The lowest BCUT2D eigenvalue weighted by Gasteiger charge is -2.33. The van der Waals surface area contributed by atoms with Gasteiger partial charge in [-0.15, -0.1) is 11.3 Å². The van der Waals surface area contributed by atoms with Gasteiger partial charge in [0.05, 0.1) is 5.69 Å². The van der Waals surface area contributed by atoms with Crippen molar-refractivity contribution in [3.05, 3.63) is 10.6 Å². The maximum absolute atomic E-state index is 6.37. The molecule has 0 amide bonds. The summed E-state index contributed by atoms with van der Waals surface area (Å²) < 4.78 is 0. The van der Waals surface area contributed by atoms with Crippen LogP contribution < -0.4 is 11.1 Å². The van der Waals surface area contributed by atoms with Crippen molar-refractivity contribution in [2.75, 3.05) is 11.9 Å². The molecule has 0 saturated heterocycles. The van der Waals surface area contributed by atoms with Crippen molar-refractivity contribution in [3.63, 3.8) is 0 Å². The third kappa shape index (κ3) is 2.74. The maximum atomic E-state index is 6.37. The maximum Gasteiger partial charge on any atom is 0.183 e. The van der Waals surface area contributed by atoms with Crippen LogP contribution in [0.15, 0.2) is 0 Å². The van der Waals surface area contributed by atoms with Crippen LogP contribution in [0.5, 0.6) is 0 Å². The Bertz CT molecular complexity index is 334. The molecule has 0 aliphatic heterocycles. The molecule has 3 N–H and O–H groups in total. The van der Waals surface area contributed by atoms with Gasteiger partial charge in [0.1, 0.15) is 0 Å². The molecule has 1 aliphatic rings. The van der Waals surface area contributed by atoms with Gasteiger partial charge in [0.25, 0.3) is 0 Å². The fourth-order valence-electron chi connectivity index (χ4n) is 2.23. The Morgan fingerprint density at radius 1 is 1.31 bits per heavy atom. The minimum atomic E-state index is -0.00820. The molecule has 1 fully saturated rings. The summed E-state index contributed by atoms with van der Waals surface area (Å²) in [4.78, 5) is 5.77. The molecule has 2 rings (SSSR count). The van der Waals surface area contributed by atoms with Gasteiger partial charge in [-0.1, -0.05) is 19.3 Å².